The van der Waals surface area contributed by atoms with E-state index in [4.69, 9.17) is 31.8 Å². The zero-order valence-corrected chi connectivity index (χ0v) is 17.8. The molecule has 0 heterocycles. The first-order chi connectivity index (χ1) is 15.8. The lowest BCUT2D eigenvalue weighted by molar-refractivity contribution is -0.137. The van der Waals surface area contributed by atoms with Gasteiger partial charge in [0.25, 0.3) is 5.91 Å². The number of hydrogen-bond acceptors (Lipinski definition) is 5. The number of hydrogen-bond donors (Lipinski definition) is 1. The second-order valence-electron chi connectivity index (χ2n) is 6.46. The van der Waals surface area contributed by atoms with Gasteiger partial charge in [-0.15, -0.1) is 12.8 Å². The quantitative estimate of drug-likeness (QED) is 0.409. The minimum Gasteiger partial charge on any atom is -0.493 e. The number of carbonyl (C=O) groups excluding carboxylic acids is 1. The van der Waals surface area contributed by atoms with Crippen molar-refractivity contribution in [3.05, 3.63) is 53.6 Å². The number of terminal acetylenes is 2. The molecule has 0 aliphatic carbocycles. The molecule has 0 aromatic heterocycles. The fraction of sp³-hybridized carbons (Fsp3) is 0.292. The van der Waals surface area contributed by atoms with Crippen LogP contribution in [-0.2, 0) is 15.7 Å². The highest BCUT2D eigenvalue weighted by Gasteiger charge is 2.31. The van der Waals surface area contributed by atoms with Crippen LogP contribution in [0.2, 0.25) is 0 Å². The largest absolute Gasteiger partial charge is 0.493 e. The maximum atomic E-state index is 12.8. The van der Waals surface area contributed by atoms with Crippen molar-refractivity contribution >= 4 is 5.91 Å². The molecule has 0 aliphatic rings. The van der Waals surface area contributed by atoms with Crippen LogP contribution in [0.15, 0.2) is 42.5 Å². The third-order valence-electron chi connectivity index (χ3n) is 4.23. The van der Waals surface area contributed by atoms with Gasteiger partial charge >= 0.3 is 6.18 Å². The van der Waals surface area contributed by atoms with Crippen LogP contribution in [0.5, 0.6) is 17.2 Å². The Morgan fingerprint density at radius 2 is 1.73 bits per heavy atom. The summed E-state index contributed by atoms with van der Waals surface area (Å²) in [5.74, 6) is 5.38. The molecule has 9 heteroatoms. The highest BCUT2D eigenvalue weighted by Crippen LogP contribution is 2.32. The monoisotopic (exact) mass is 461 g/mol. The van der Waals surface area contributed by atoms with Crippen LogP contribution in [0, 0.1) is 24.7 Å². The Kier molecular flexibility index (Phi) is 9.46. The maximum absolute atomic E-state index is 12.8. The lowest BCUT2D eigenvalue weighted by Gasteiger charge is -2.18. The number of carbonyl (C=O) groups is 1. The summed E-state index contributed by atoms with van der Waals surface area (Å²) in [5, 5.41) is 2.62. The molecule has 0 saturated carbocycles. The molecule has 1 N–H and O–H groups in total. The molecule has 0 aliphatic heterocycles. The molecule has 1 atom stereocenters. The molecule has 0 saturated heterocycles. The number of rotatable bonds is 11. The van der Waals surface area contributed by atoms with Crippen LogP contribution in [0.4, 0.5) is 13.2 Å². The zero-order chi connectivity index (χ0) is 24.3. The molecule has 2 aromatic rings. The third kappa shape index (κ3) is 7.67. The predicted molar refractivity (Wildman–Crippen MR) is 115 cm³/mol. The maximum Gasteiger partial charge on any atom is 0.416 e. The van der Waals surface area contributed by atoms with Gasteiger partial charge in [-0.1, -0.05) is 24.0 Å². The van der Waals surface area contributed by atoms with Crippen molar-refractivity contribution < 1.29 is 36.9 Å². The Bertz CT molecular complexity index is 1010. The van der Waals surface area contributed by atoms with Gasteiger partial charge in [0, 0.05) is 6.07 Å². The van der Waals surface area contributed by atoms with E-state index in [9.17, 15) is 18.0 Å². The summed E-state index contributed by atoms with van der Waals surface area (Å²) in [6.45, 7) is 0.106. The van der Waals surface area contributed by atoms with E-state index in [1.807, 2.05) is 0 Å². The predicted octanol–water partition coefficient (Wildman–Crippen LogP) is 3.61. The topological polar surface area (TPSA) is 66.0 Å². The zero-order valence-electron chi connectivity index (χ0n) is 17.8. The minimum absolute atomic E-state index is 0.0877. The Balaban J connectivity index is 1.95. The van der Waals surface area contributed by atoms with Gasteiger partial charge in [-0.25, -0.2) is 0 Å². The molecule has 1 unspecified atom stereocenters. The van der Waals surface area contributed by atoms with Gasteiger partial charge in [0.1, 0.15) is 25.6 Å². The average molecular weight is 461 g/mol. The van der Waals surface area contributed by atoms with E-state index in [1.54, 1.807) is 18.2 Å². The number of alkyl halides is 3. The van der Waals surface area contributed by atoms with Crippen LogP contribution in [0.25, 0.3) is 0 Å². The fourth-order valence-electron chi connectivity index (χ4n) is 2.71. The van der Waals surface area contributed by atoms with Crippen LogP contribution in [0.1, 0.15) is 17.2 Å². The van der Waals surface area contributed by atoms with E-state index in [0.717, 1.165) is 12.1 Å². The van der Waals surface area contributed by atoms with Crippen molar-refractivity contribution in [2.75, 3.05) is 33.5 Å². The van der Waals surface area contributed by atoms with Gasteiger partial charge in [0.15, 0.2) is 17.6 Å². The summed E-state index contributed by atoms with van der Waals surface area (Å²) in [4.78, 5) is 12.6. The molecule has 174 valence electrons. The number of amides is 1. The summed E-state index contributed by atoms with van der Waals surface area (Å²) in [5.41, 5.74) is -0.592. The molecular weight excluding hydrogens is 439 g/mol. The number of methoxy groups -OCH3 is 1. The molecule has 0 spiro atoms. The second kappa shape index (κ2) is 12.3. The molecule has 0 radical (unpaired) electrons. The van der Waals surface area contributed by atoms with Crippen molar-refractivity contribution in [2.24, 2.45) is 0 Å². The van der Waals surface area contributed by atoms with Crippen molar-refractivity contribution in [1.82, 2.24) is 5.32 Å². The van der Waals surface area contributed by atoms with Crippen LogP contribution in [-0.4, -0.2) is 39.4 Å². The first-order valence-corrected chi connectivity index (χ1v) is 9.67. The number of ether oxygens (including phenoxy) is 4. The highest BCUT2D eigenvalue weighted by molar-refractivity contribution is 5.82. The van der Waals surface area contributed by atoms with Gasteiger partial charge in [-0.2, -0.15) is 13.2 Å². The van der Waals surface area contributed by atoms with Gasteiger partial charge in [0.05, 0.1) is 19.2 Å². The Morgan fingerprint density at radius 1 is 1.03 bits per heavy atom. The summed E-state index contributed by atoms with van der Waals surface area (Å²) in [6.07, 6.45) is 4.70. The second-order valence-corrected chi connectivity index (χ2v) is 6.46. The summed E-state index contributed by atoms with van der Waals surface area (Å²) in [6, 6.07) is 9.00. The van der Waals surface area contributed by atoms with E-state index < -0.39 is 23.8 Å². The lowest BCUT2D eigenvalue weighted by atomic mass is 10.1. The average Bonchev–Trinajstić information content (AvgIpc) is 2.80. The first-order valence-electron chi connectivity index (χ1n) is 9.67. The highest BCUT2D eigenvalue weighted by atomic mass is 19.4. The normalized spacial score (nSPS) is 11.6. The minimum atomic E-state index is -4.48. The number of nitrogens with one attached hydrogen (secondary N) is 1. The Labute approximate surface area is 190 Å². The molecule has 2 aromatic carbocycles. The molecule has 6 nitrogen and oxygen atoms in total. The van der Waals surface area contributed by atoms with E-state index in [-0.39, 0.29) is 31.9 Å². The van der Waals surface area contributed by atoms with Crippen molar-refractivity contribution in [1.29, 1.82) is 0 Å². The van der Waals surface area contributed by atoms with Crippen LogP contribution < -0.4 is 19.5 Å². The molecule has 2 rings (SSSR count). The molecule has 33 heavy (non-hydrogen) atoms. The van der Waals surface area contributed by atoms with Crippen molar-refractivity contribution in [2.45, 2.75) is 12.3 Å². The molecule has 0 fully saturated rings. The van der Waals surface area contributed by atoms with Crippen LogP contribution in [0.3, 0.4) is 0 Å². The smallest absolute Gasteiger partial charge is 0.416 e. The summed E-state index contributed by atoms with van der Waals surface area (Å²) in [7, 11) is 1.47. The Hall–Kier alpha value is -3.82. The molecular formula is C24H22F3NO5. The van der Waals surface area contributed by atoms with E-state index in [2.05, 4.69) is 17.2 Å². The van der Waals surface area contributed by atoms with Gasteiger partial charge in [0.2, 0.25) is 0 Å². The fourth-order valence-corrected chi connectivity index (χ4v) is 2.71. The van der Waals surface area contributed by atoms with E-state index >= 15 is 0 Å². The Morgan fingerprint density at radius 3 is 2.33 bits per heavy atom. The number of benzene rings is 2. The molecule has 0 bridgehead atoms. The van der Waals surface area contributed by atoms with E-state index in [1.165, 1.54) is 19.2 Å². The first kappa shape index (κ1) is 25.4. The third-order valence-corrected chi connectivity index (χ3v) is 4.23. The van der Waals surface area contributed by atoms with Crippen molar-refractivity contribution in [3.63, 3.8) is 0 Å². The summed E-state index contributed by atoms with van der Waals surface area (Å²) >= 11 is 0. The van der Waals surface area contributed by atoms with Crippen molar-refractivity contribution in [3.8, 4) is 41.9 Å². The van der Waals surface area contributed by atoms with Gasteiger partial charge in [-0.3, -0.25) is 4.79 Å². The lowest BCUT2D eigenvalue weighted by Crippen LogP contribution is -2.34. The van der Waals surface area contributed by atoms with Gasteiger partial charge < -0.3 is 24.3 Å². The summed E-state index contributed by atoms with van der Waals surface area (Å²) < 4.78 is 59.8. The molecule has 1 amide bonds. The SMILES string of the molecule is C#CCOc1ccc(OCCNC(=O)C(OCC#C)c2ccc(C(F)(F)F)cc2)cc1OC. The van der Waals surface area contributed by atoms with Crippen LogP contribution >= 0.6 is 0 Å². The number of halogens is 3. The van der Waals surface area contributed by atoms with E-state index in [0.29, 0.717) is 17.2 Å². The van der Waals surface area contributed by atoms with Gasteiger partial charge in [-0.05, 0) is 29.8 Å². The standard InChI is InChI=1S/C24H22F3NO5/c1-4-13-32-20-11-10-19(16-21(20)30-3)31-15-12-28-23(29)22(33-14-5-2)17-6-8-18(9-7-17)24(25,26)27/h1-2,6-11,16,22H,12-15H2,3H3,(H,28,29).